The first-order valence-electron chi connectivity index (χ1n) is 6.13. The molecule has 0 saturated carbocycles. The number of aromatic nitrogens is 3. The Labute approximate surface area is 122 Å². The van der Waals surface area contributed by atoms with Crippen LogP contribution in [0.5, 0.6) is 5.88 Å². The summed E-state index contributed by atoms with van der Waals surface area (Å²) in [5.74, 6) is 0.547. The number of methoxy groups -OCH3 is 1. The molecule has 20 heavy (non-hydrogen) atoms. The molecule has 0 amide bonds. The van der Waals surface area contributed by atoms with Crippen LogP contribution in [0, 0.1) is 6.92 Å². The lowest BCUT2D eigenvalue weighted by Crippen LogP contribution is -2.01. The summed E-state index contributed by atoms with van der Waals surface area (Å²) in [5, 5.41) is 6.05. The highest BCUT2D eigenvalue weighted by molar-refractivity contribution is 6.31. The van der Waals surface area contributed by atoms with Crippen LogP contribution < -0.4 is 4.74 Å². The van der Waals surface area contributed by atoms with Gasteiger partial charge in [-0.3, -0.25) is 9.67 Å². The molecule has 0 aliphatic carbocycles. The summed E-state index contributed by atoms with van der Waals surface area (Å²) in [6.07, 6.45) is 3.68. The second-order valence-electron chi connectivity index (χ2n) is 4.54. The summed E-state index contributed by atoms with van der Waals surface area (Å²) < 4.78 is 6.91. The molecule has 5 heteroatoms. The number of ether oxygens (including phenoxy) is 1. The van der Waals surface area contributed by atoms with E-state index in [4.69, 9.17) is 16.3 Å². The van der Waals surface area contributed by atoms with Crippen LogP contribution in [-0.4, -0.2) is 21.9 Å². The summed E-state index contributed by atoms with van der Waals surface area (Å²) in [4.78, 5) is 4.42. The van der Waals surface area contributed by atoms with Gasteiger partial charge in [-0.1, -0.05) is 17.7 Å². The normalized spacial score (nSPS) is 10.9. The van der Waals surface area contributed by atoms with Crippen molar-refractivity contribution in [3.05, 3.63) is 59.7 Å². The second kappa shape index (κ2) is 5.13. The molecule has 0 fully saturated rings. The van der Waals surface area contributed by atoms with Gasteiger partial charge in [0.05, 0.1) is 19.2 Å². The molecular formula is C15H13ClN3O. The van der Waals surface area contributed by atoms with E-state index in [0.29, 0.717) is 17.4 Å². The monoisotopic (exact) mass is 286 g/mol. The van der Waals surface area contributed by atoms with Crippen LogP contribution in [0.4, 0.5) is 0 Å². The minimum atomic E-state index is 0.547. The number of rotatable bonds is 3. The number of nitrogens with zero attached hydrogens (tertiary/aromatic N) is 3. The van der Waals surface area contributed by atoms with E-state index in [1.807, 2.05) is 30.6 Å². The molecule has 101 valence electrons. The average Bonchev–Trinajstić information content (AvgIpc) is 2.79. The predicted molar refractivity (Wildman–Crippen MR) is 79.1 cm³/mol. The Morgan fingerprint density at radius 2 is 2.20 bits per heavy atom. The summed E-state index contributed by atoms with van der Waals surface area (Å²) in [7, 11) is 1.59. The van der Waals surface area contributed by atoms with Gasteiger partial charge in [-0.15, -0.1) is 5.10 Å². The van der Waals surface area contributed by atoms with Gasteiger partial charge < -0.3 is 4.74 Å². The minimum Gasteiger partial charge on any atom is -0.480 e. The fourth-order valence-corrected chi connectivity index (χ4v) is 2.28. The van der Waals surface area contributed by atoms with Crippen molar-refractivity contribution in [2.24, 2.45) is 0 Å². The Hall–Kier alpha value is -2.07. The van der Waals surface area contributed by atoms with E-state index in [1.54, 1.807) is 11.8 Å². The largest absolute Gasteiger partial charge is 0.480 e. The zero-order valence-electron chi connectivity index (χ0n) is 11.0. The van der Waals surface area contributed by atoms with Crippen molar-refractivity contribution in [1.29, 1.82) is 0 Å². The standard InChI is InChI=1S/C15H13ClN3O/c1-10-8-19(18-15(10)20-2)9-11-5-12-3-4-13(16)6-14(12)17-7-11/h3-8H,1,9H2,2H3. The van der Waals surface area contributed by atoms with Crippen LogP contribution in [0.3, 0.4) is 0 Å². The van der Waals surface area contributed by atoms with E-state index in [-0.39, 0.29) is 0 Å². The Balaban J connectivity index is 1.92. The Kier molecular flexibility index (Phi) is 3.32. The van der Waals surface area contributed by atoms with Gasteiger partial charge in [0, 0.05) is 28.4 Å². The zero-order chi connectivity index (χ0) is 14.1. The zero-order valence-corrected chi connectivity index (χ0v) is 11.8. The van der Waals surface area contributed by atoms with Crippen molar-refractivity contribution in [2.75, 3.05) is 7.11 Å². The van der Waals surface area contributed by atoms with Crippen molar-refractivity contribution >= 4 is 22.5 Å². The lowest BCUT2D eigenvalue weighted by atomic mass is 10.1. The molecule has 0 bridgehead atoms. The summed E-state index contributed by atoms with van der Waals surface area (Å²) >= 11 is 5.95. The van der Waals surface area contributed by atoms with Crippen LogP contribution >= 0.6 is 11.6 Å². The average molecular weight is 287 g/mol. The minimum absolute atomic E-state index is 0.547. The first-order chi connectivity index (χ1) is 9.65. The third kappa shape index (κ3) is 2.47. The molecule has 0 N–H and O–H groups in total. The number of benzene rings is 1. The van der Waals surface area contributed by atoms with E-state index >= 15 is 0 Å². The number of hydrogen-bond acceptors (Lipinski definition) is 3. The lowest BCUT2D eigenvalue weighted by Gasteiger charge is -2.04. The van der Waals surface area contributed by atoms with Crippen molar-refractivity contribution in [3.63, 3.8) is 0 Å². The van der Waals surface area contributed by atoms with Gasteiger partial charge >= 0.3 is 0 Å². The molecule has 1 aromatic carbocycles. The number of pyridine rings is 1. The molecule has 1 radical (unpaired) electrons. The molecular weight excluding hydrogens is 274 g/mol. The van der Waals surface area contributed by atoms with Gasteiger partial charge in [0.2, 0.25) is 5.88 Å². The molecule has 0 aliphatic rings. The smallest absolute Gasteiger partial charge is 0.235 e. The third-order valence-electron chi connectivity index (χ3n) is 3.04. The summed E-state index contributed by atoms with van der Waals surface area (Å²) in [5.41, 5.74) is 2.72. The molecule has 4 nitrogen and oxygen atoms in total. The molecule has 3 aromatic rings. The Morgan fingerprint density at radius 1 is 1.35 bits per heavy atom. The Morgan fingerprint density at radius 3 is 2.95 bits per heavy atom. The van der Waals surface area contributed by atoms with Crippen molar-refractivity contribution in [2.45, 2.75) is 6.54 Å². The van der Waals surface area contributed by atoms with E-state index in [0.717, 1.165) is 22.0 Å². The molecule has 0 atom stereocenters. The van der Waals surface area contributed by atoms with E-state index in [9.17, 15) is 0 Å². The van der Waals surface area contributed by atoms with Crippen molar-refractivity contribution in [3.8, 4) is 5.88 Å². The van der Waals surface area contributed by atoms with Gasteiger partial charge in [-0.2, -0.15) is 0 Å². The van der Waals surface area contributed by atoms with Gasteiger partial charge in [0.25, 0.3) is 0 Å². The molecule has 2 aromatic heterocycles. The van der Waals surface area contributed by atoms with Gasteiger partial charge in [-0.05, 0) is 30.7 Å². The molecule has 2 heterocycles. The highest BCUT2D eigenvalue weighted by atomic mass is 35.5. The molecule has 3 rings (SSSR count). The maximum Gasteiger partial charge on any atom is 0.235 e. The van der Waals surface area contributed by atoms with Crippen LogP contribution in [0.25, 0.3) is 10.9 Å². The highest BCUT2D eigenvalue weighted by Gasteiger charge is 2.06. The van der Waals surface area contributed by atoms with Gasteiger partial charge in [-0.25, -0.2) is 0 Å². The second-order valence-corrected chi connectivity index (χ2v) is 4.98. The Bertz CT molecular complexity index is 767. The molecule has 0 spiro atoms. The summed E-state index contributed by atoms with van der Waals surface area (Å²) in [6, 6.07) is 7.76. The summed E-state index contributed by atoms with van der Waals surface area (Å²) in [6.45, 7) is 4.50. The number of hydrogen-bond donors (Lipinski definition) is 0. The van der Waals surface area contributed by atoms with Gasteiger partial charge in [0.1, 0.15) is 0 Å². The SMILES string of the molecule is [CH2]c1cn(Cc2cnc3cc(Cl)ccc3c2)nc1OC. The first kappa shape index (κ1) is 12.9. The van der Waals surface area contributed by atoms with E-state index in [1.165, 1.54) is 0 Å². The maximum atomic E-state index is 5.95. The third-order valence-corrected chi connectivity index (χ3v) is 3.27. The van der Waals surface area contributed by atoms with Crippen molar-refractivity contribution < 1.29 is 4.74 Å². The van der Waals surface area contributed by atoms with Crippen LogP contribution in [-0.2, 0) is 6.54 Å². The highest BCUT2D eigenvalue weighted by Crippen LogP contribution is 2.19. The fourth-order valence-electron chi connectivity index (χ4n) is 2.11. The quantitative estimate of drug-likeness (QED) is 0.741. The number of fused-ring (bicyclic) bond motifs is 1. The maximum absolute atomic E-state index is 5.95. The molecule has 0 saturated heterocycles. The van der Waals surface area contributed by atoms with E-state index in [2.05, 4.69) is 23.1 Å². The van der Waals surface area contributed by atoms with Crippen molar-refractivity contribution in [1.82, 2.24) is 14.8 Å². The molecule has 0 unspecified atom stereocenters. The fraction of sp³-hybridized carbons (Fsp3) is 0.133. The lowest BCUT2D eigenvalue weighted by molar-refractivity contribution is 0.389. The predicted octanol–water partition coefficient (Wildman–Crippen LogP) is 3.32. The van der Waals surface area contributed by atoms with Crippen LogP contribution in [0.2, 0.25) is 5.02 Å². The number of halogens is 1. The van der Waals surface area contributed by atoms with E-state index < -0.39 is 0 Å². The van der Waals surface area contributed by atoms with Crippen LogP contribution in [0.1, 0.15) is 11.1 Å². The molecule has 0 aliphatic heterocycles. The van der Waals surface area contributed by atoms with Crippen LogP contribution in [0.15, 0.2) is 36.7 Å². The van der Waals surface area contributed by atoms with Gasteiger partial charge in [0.15, 0.2) is 0 Å². The topological polar surface area (TPSA) is 39.9 Å². The first-order valence-corrected chi connectivity index (χ1v) is 6.51.